The molecule has 3 heterocycles. The van der Waals surface area contributed by atoms with Gasteiger partial charge in [-0.15, -0.1) is 0 Å². The minimum absolute atomic E-state index is 0.0822. The number of fused-ring (bicyclic) bond motifs is 1. The van der Waals surface area contributed by atoms with Gasteiger partial charge in [-0.25, -0.2) is 4.39 Å². The van der Waals surface area contributed by atoms with Gasteiger partial charge >= 0.3 is 0 Å². The number of anilines is 1. The lowest BCUT2D eigenvalue weighted by atomic mass is 10.0. The van der Waals surface area contributed by atoms with Crippen molar-refractivity contribution < 1.29 is 4.39 Å². The molecule has 0 unspecified atom stereocenters. The van der Waals surface area contributed by atoms with Crippen LogP contribution in [0.2, 0.25) is 0 Å². The van der Waals surface area contributed by atoms with Crippen molar-refractivity contribution in [2.24, 2.45) is 14.1 Å². The Labute approximate surface area is 137 Å². The van der Waals surface area contributed by atoms with Gasteiger partial charge in [-0.3, -0.25) is 14.3 Å². The van der Waals surface area contributed by atoms with Gasteiger partial charge in [-0.05, 0) is 18.2 Å². The van der Waals surface area contributed by atoms with Crippen LogP contribution in [0, 0.1) is 5.82 Å². The number of pyridine rings is 1. The minimum Gasteiger partial charge on any atom is -0.396 e. The SMILES string of the molecule is Cn1cc(-c2nn(C)c3ccc(-c4nccc(N)c4F)cc23)cn1. The average molecular weight is 322 g/mol. The second kappa shape index (κ2) is 5.16. The number of aromatic nitrogens is 5. The molecule has 0 spiro atoms. The largest absolute Gasteiger partial charge is 0.396 e. The highest BCUT2D eigenvalue weighted by atomic mass is 19.1. The first-order valence-electron chi connectivity index (χ1n) is 7.40. The van der Waals surface area contributed by atoms with Crippen LogP contribution < -0.4 is 5.73 Å². The van der Waals surface area contributed by atoms with Gasteiger partial charge in [0.2, 0.25) is 0 Å². The number of rotatable bonds is 2. The van der Waals surface area contributed by atoms with Crippen molar-refractivity contribution in [3.63, 3.8) is 0 Å². The Hall–Kier alpha value is -3.22. The van der Waals surface area contributed by atoms with E-state index in [1.807, 2.05) is 38.5 Å². The van der Waals surface area contributed by atoms with E-state index in [1.165, 1.54) is 12.3 Å². The zero-order valence-electron chi connectivity index (χ0n) is 13.2. The van der Waals surface area contributed by atoms with Gasteiger partial charge in [-0.2, -0.15) is 10.2 Å². The zero-order valence-corrected chi connectivity index (χ0v) is 13.2. The minimum atomic E-state index is -0.510. The third-order valence-corrected chi connectivity index (χ3v) is 4.02. The number of nitrogen functional groups attached to an aromatic ring is 1. The topological polar surface area (TPSA) is 74.5 Å². The molecule has 0 aliphatic rings. The molecule has 0 bridgehead atoms. The molecule has 6 nitrogen and oxygen atoms in total. The van der Waals surface area contributed by atoms with E-state index in [2.05, 4.69) is 15.2 Å². The molecule has 24 heavy (non-hydrogen) atoms. The molecule has 0 atom stereocenters. The van der Waals surface area contributed by atoms with Crippen LogP contribution in [0.15, 0.2) is 42.9 Å². The molecule has 0 saturated carbocycles. The van der Waals surface area contributed by atoms with Gasteiger partial charge in [0.1, 0.15) is 11.4 Å². The predicted octanol–water partition coefficient (Wildman–Crippen LogP) is 2.76. The van der Waals surface area contributed by atoms with E-state index in [-0.39, 0.29) is 11.4 Å². The maximum Gasteiger partial charge on any atom is 0.172 e. The third-order valence-electron chi connectivity index (χ3n) is 4.02. The maximum atomic E-state index is 14.3. The molecular formula is C17H15FN6. The fourth-order valence-corrected chi connectivity index (χ4v) is 2.83. The molecule has 0 fully saturated rings. The summed E-state index contributed by atoms with van der Waals surface area (Å²) >= 11 is 0. The standard InChI is InChI=1S/C17H15FN6/c1-23-9-11(8-21-23)16-12-7-10(3-4-14(12)24(2)22-16)17-15(18)13(19)5-6-20-17/h3-9H,1-2H3,(H2,19,20). The Morgan fingerprint density at radius 2 is 1.92 bits per heavy atom. The van der Waals surface area contributed by atoms with Crippen LogP contribution >= 0.6 is 0 Å². The van der Waals surface area contributed by atoms with Gasteiger partial charge in [0.25, 0.3) is 0 Å². The van der Waals surface area contributed by atoms with Gasteiger partial charge < -0.3 is 5.73 Å². The first kappa shape index (κ1) is 14.4. The van der Waals surface area contributed by atoms with Crippen LogP contribution in [-0.2, 0) is 14.1 Å². The lowest BCUT2D eigenvalue weighted by Gasteiger charge is -2.05. The highest BCUT2D eigenvalue weighted by molar-refractivity contribution is 5.95. The lowest BCUT2D eigenvalue weighted by Crippen LogP contribution is -1.96. The first-order valence-corrected chi connectivity index (χ1v) is 7.40. The molecule has 120 valence electrons. The van der Waals surface area contributed by atoms with Crippen LogP contribution in [0.5, 0.6) is 0 Å². The van der Waals surface area contributed by atoms with E-state index in [9.17, 15) is 4.39 Å². The van der Waals surface area contributed by atoms with E-state index < -0.39 is 5.82 Å². The quantitative estimate of drug-likeness (QED) is 0.616. The van der Waals surface area contributed by atoms with Crippen molar-refractivity contribution >= 4 is 16.6 Å². The predicted molar refractivity (Wildman–Crippen MR) is 90.5 cm³/mol. The Bertz CT molecular complexity index is 1060. The monoisotopic (exact) mass is 322 g/mol. The molecule has 0 radical (unpaired) electrons. The van der Waals surface area contributed by atoms with Crippen molar-refractivity contribution in [1.82, 2.24) is 24.5 Å². The first-order chi connectivity index (χ1) is 11.5. The lowest BCUT2D eigenvalue weighted by molar-refractivity contribution is 0.630. The summed E-state index contributed by atoms with van der Waals surface area (Å²) in [5.41, 5.74) is 9.28. The number of nitrogens with zero attached hydrogens (tertiary/aromatic N) is 5. The molecule has 3 aromatic heterocycles. The molecule has 0 saturated heterocycles. The van der Waals surface area contributed by atoms with Crippen LogP contribution in [0.1, 0.15) is 0 Å². The Morgan fingerprint density at radius 1 is 1.08 bits per heavy atom. The van der Waals surface area contributed by atoms with Gasteiger partial charge in [-0.1, -0.05) is 6.07 Å². The molecule has 0 aliphatic carbocycles. The summed E-state index contributed by atoms with van der Waals surface area (Å²) in [4.78, 5) is 4.13. The summed E-state index contributed by atoms with van der Waals surface area (Å²) in [6, 6.07) is 7.06. The van der Waals surface area contributed by atoms with Crippen molar-refractivity contribution in [2.45, 2.75) is 0 Å². The van der Waals surface area contributed by atoms with Crippen LogP contribution in [0.3, 0.4) is 0 Å². The fraction of sp³-hybridized carbons (Fsp3) is 0.118. The highest BCUT2D eigenvalue weighted by Crippen LogP contribution is 2.32. The van der Waals surface area contributed by atoms with Crippen LogP contribution in [0.4, 0.5) is 10.1 Å². The molecule has 0 aliphatic heterocycles. The molecule has 2 N–H and O–H groups in total. The number of hydrogen-bond acceptors (Lipinski definition) is 4. The molecule has 4 aromatic rings. The number of halogens is 1. The molecule has 4 rings (SSSR count). The highest BCUT2D eigenvalue weighted by Gasteiger charge is 2.15. The second-order valence-electron chi connectivity index (χ2n) is 5.67. The molecule has 1 aromatic carbocycles. The second-order valence-corrected chi connectivity index (χ2v) is 5.67. The summed E-state index contributed by atoms with van der Waals surface area (Å²) in [5, 5.41) is 9.68. The number of benzene rings is 1. The summed E-state index contributed by atoms with van der Waals surface area (Å²) in [7, 11) is 3.73. The Kier molecular flexibility index (Phi) is 3.09. The Balaban J connectivity index is 1.96. The van der Waals surface area contributed by atoms with Crippen molar-refractivity contribution in [3.8, 4) is 22.5 Å². The van der Waals surface area contributed by atoms with Crippen LogP contribution in [0.25, 0.3) is 33.4 Å². The average Bonchev–Trinajstić information content (AvgIpc) is 3.13. The molecule has 0 amide bonds. The van der Waals surface area contributed by atoms with E-state index in [1.54, 1.807) is 15.6 Å². The van der Waals surface area contributed by atoms with Crippen molar-refractivity contribution in [1.29, 1.82) is 0 Å². The summed E-state index contributed by atoms with van der Waals surface area (Å²) < 4.78 is 17.8. The Morgan fingerprint density at radius 3 is 2.67 bits per heavy atom. The summed E-state index contributed by atoms with van der Waals surface area (Å²) in [6.45, 7) is 0. The maximum absolute atomic E-state index is 14.3. The van der Waals surface area contributed by atoms with Crippen LogP contribution in [-0.4, -0.2) is 24.5 Å². The van der Waals surface area contributed by atoms with Crippen molar-refractivity contribution in [3.05, 3.63) is 48.7 Å². The van der Waals surface area contributed by atoms with Gasteiger partial charge in [0, 0.05) is 43.0 Å². The molecular weight excluding hydrogens is 307 g/mol. The van der Waals surface area contributed by atoms with E-state index in [0.29, 0.717) is 5.56 Å². The smallest absolute Gasteiger partial charge is 0.172 e. The van der Waals surface area contributed by atoms with Crippen molar-refractivity contribution in [2.75, 3.05) is 5.73 Å². The summed E-state index contributed by atoms with van der Waals surface area (Å²) in [6.07, 6.45) is 5.16. The zero-order chi connectivity index (χ0) is 16.8. The number of nitrogens with two attached hydrogens (primary N) is 1. The summed E-state index contributed by atoms with van der Waals surface area (Å²) in [5.74, 6) is -0.510. The fourth-order valence-electron chi connectivity index (χ4n) is 2.83. The number of aryl methyl sites for hydroxylation is 2. The third kappa shape index (κ3) is 2.13. The van der Waals surface area contributed by atoms with Gasteiger partial charge in [0.05, 0.1) is 17.4 Å². The number of hydrogen-bond donors (Lipinski definition) is 1. The van der Waals surface area contributed by atoms with E-state index >= 15 is 0 Å². The normalized spacial score (nSPS) is 11.3. The van der Waals surface area contributed by atoms with Gasteiger partial charge in [0.15, 0.2) is 5.82 Å². The molecule has 7 heteroatoms. The van der Waals surface area contributed by atoms with E-state index in [0.717, 1.165) is 22.2 Å². The van der Waals surface area contributed by atoms with E-state index in [4.69, 9.17) is 5.73 Å².